The number of hydrogen-bond acceptors (Lipinski definition) is 3. The predicted molar refractivity (Wildman–Crippen MR) is 70.0 cm³/mol. The summed E-state index contributed by atoms with van der Waals surface area (Å²) >= 11 is 0. The van der Waals surface area contributed by atoms with E-state index in [0.717, 1.165) is 18.4 Å². The molecule has 4 heteroatoms. The third-order valence-corrected chi connectivity index (χ3v) is 3.23. The monoisotopic (exact) mass is 248 g/mol. The molecule has 0 radical (unpaired) electrons. The molecule has 0 heterocycles. The molecule has 1 aliphatic carbocycles. The zero-order valence-electron chi connectivity index (χ0n) is 10.7. The molecule has 1 unspecified atom stereocenters. The van der Waals surface area contributed by atoms with E-state index in [-0.39, 0.29) is 5.91 Å². The van der Waals surface area contributed by atoms with Gasteiger partial charge in [-0.2, -0.15) is 0 Å². The number of benzene rings is 1. The van der Waals surface area contributed by atoms with Crippen LogP contribution in [0.25, 0.3) is 0 Å². The van der Waals surface area contributed by atoms with Crippen LogP contribution in [0.2, 0.25) is 0 Å². The van der Waals surface area contributed by atoms with Gasteiger partial charge in [0, 0.05) is 19.7 Å². The van der Waals surface area contributed by atoms with Gasteiger partial charge in [0.25, 0.3) is 0 Å². The Kier molecular flexibility index (Phi) is 4.33. The molecule has 0 aliphatic heterocycles. The van der Waals surface area contributed by atoms with Gasteiger partial charge < -0.3 is 15.4 Å². The molecule has 18 heavy (non-hydrogen) atoms. The number of nitrogens with zero attached hydrogens (tertiary/aromatic N) is 1. The number of ether oxygens (including phenoxy) is 1. The van der Waals surface area contributed by atoms with Crippen LogP contribution >= 0.6 is 0 Å². The fourth-order valence-electron chi connectivity index (χ4n) is 2.03. The van der Waals surface area contributed by atoms with Crippen molar-refractivity contribution in [3.8, 4) is 0 Å². The molecule has 0 saturated heterocycles. The van der Waals surface area contributed by atoms with Crippen LogP contribution < -0.4 is 5.73 Å². The normalized spacial score (nSPS) is 16.3. The summed E-state index contributed by atoms with van der Waals surface area (Å²) in [5, 5.41) is 0. The van der Waals surface area contributed by atoms with E-state index in [0.29, 0.717) is 19.2 Å². The molecule has 1 atom stereocenters. The Balaban J connectivity index is 2.03. The van der Waals surface area contributed by atoms with E-state index < -0.39 is 6.04 Å². The number of carbonyl (C=O) groups is 1. The Morgan fingerprint density at radius 1 is 1.44 bits per heavy atom. The number of carbonyl (C=O) groups excluding carboxylic acids is 1. The lowest BCUT2D eigenvalue weighted by Gasteiger charge is -2.25. The van der Waals surface area contributed by atoms with Crippen LogP contribution in [0, 0.1) is 0 Å². The molecular weight excluding hydrogens is 228 g/mol. The minimum Gasteiger partial charge on any atom is -0.383 e. The van der Waals surface area contributed by atoms with Gasteiger partial charge >= 0.3 is 0 Å². The first-order chi connectivity index (χ1) is 8.74. The zero-order chi connectivity index (χ0) is 13.0. The molecule has 1 saturated carbocycles. The summed E-state index contributed by atoms with van der Waals surface area (Å²) in [4.78, 5) is 14.2. The fourth-order valence-corrected chi connectivity index (χ4v) is 2.03. The van der Waals surface area contributed by atoms with Crippen molar-refractivity contribution < 1.29 is 9.53 Å². The zero-order valence-corrected chi connectivity index (χ0v) is 10.7. The second-order valence-electron chi connectivity index (χ2n) is 4.64. The first-order valence-electron chi connectivity index (χ1n) is 6.34. The molecule has 2 rings (SSSR count). The van der Waals surface area contributed by atoms with Gasteiger partial charge in [-0.15, -0.1) is 0 Å². The van der Waals surface area contributed by atoms with Crippen molar-refractivity contribution in [1.29, 1.82) is 0 Å². The molecule has 1 aromatic rings. The Labute approximate surface area is 108 Å². The smallest absolute Gasteiger partial charge is 0.244 e. The quantitative estimate of drug-likeness (QED) is 0.826. The minimum absolute atomic E-state index is 0.000694. The number of hydrogen-bond donors (Lipinski definition) is 1. The van der Waals surface area contributed by atoms with Crippen LogP contribution in [-0.2, 0) is 9.53 Å². The largest absolute Gasteiger partial charge is 0.383 e. The number of rotatable bonds is 6. The Bertz CT molecular complexity index is 390. The fraction of sp³-hybridized carbons (Fsp3) is 0.500. The van der Waals surface area contributed by atoms with Crippen molar-refractivity contribution in [1.82, 2.24) is 4.90 Å². The molecule has 0 aromatic heterocycles. The van der Waals surface area contributed by atoms with Crippen LogP contribution in [0.4, 0.5) is 0 Å². The topological polar surface area (TPSA) is 55.6 Å². The van der Waals surface area contributed by atoms with Crippen molar-refractivity contribution in [3.63, 3.8) is 0 Å². The highest BCUT2D eigenvalue weighted by Crippen LogP contribution is 2.28. The van der Waals surface area contributed by atoms with Crippen LogP contribution in [-0.4, -0.2) is 37.1 Å². The van der Waals surface area contributed by atoms with E-state index in [1.807, 2.05) is 35.2 Å². The summed E-state index contributed by atoms with van der Waals surface area (Å²) in [7, 11) is 1.65. The average Bonchev–Trinajstić information content (AvgIpc) is 3.24. The Morgan fingerprint density at radius 3 is 2.67 bits per heavy atom. The van der Waals surface area contributed by atoms with Crippen LogP contribution in [0.5, 0.6) is 0 Å². The maximum atomic E-state index is 12.4. The van der Waals surface area contributed by atoms with Gasteiger partial charge in [-0.25, -0.2) is 0 Å². The molecule has 0 bridgehead atoms. The predicted octanol–water partition coefficient (Wildman–Crippen LogP) is 1.32. The standard InChI is InChI=1S/C14H20N2O2/c1-18-10-9-16(12-7-8-12)14(17)13(15)11-5-3-2-4-6-11/h2-6,12-13H,7-10,15H2,1H3. The van der Waals surface area contributed by atoms with Crippen LogP contribution in [0.15, 0.2) is 30.3 Å². The van der Waals surface area contributed by atoms with Crippen molar-refractivity contribution in [2.75, 3.05) is 20.3 Å². The van der Waals surface area contributed by atoms with E-state index in [1.165, 1.54) is 0 Å². The van der Waals surface area contributed by atoms with Crippen molar-refractivity contribution in [3.05, 3.63) is 35.9 Å². The molecule has 1 amide bonds. The SMILES string of the molecule is COCCN(C(=O)C(N)c1ccccc1)C1CC1. The van der Waals surface area contributed by atoms with Gasteiger partial charge in [0.1, 0.15) is 6.04 Å². The van der Waals surface area contributed by atoms with Gasteiger partial charge in [0.05, 0.1) is 6.61 Å². The highest BCUT2D eigenvalue weighted by molar-refractivity contribution is 5.83. The third-order valence-electron chi connectivity index (χ3n) is 3.23. The summed E-state index contributed by atoms with van der Waals surface area (Å²) < 4.78 is 5.05. The second-order valence-corrected chi connectivity index (χ2v) is 4.64. The maximum Gasteiger partial charge on any atom is 0.244 e. The van der Waals surface area contributed by atoms with Crippen LogP contribution in [0.1, 0.15) is 24.4 Å². The molecule has 4 nitrogen and oxygen atoms in total. The summed E-state index contributed by atoms with van der Waals surface area (Å²) in [5.74, 6) is 0.000694. The van der Waals surface area contributed by atoms with Gasteiger partial charge in [-0.1, -0.05) is 30.3 Å². The third kappa shape index (κ3) is 3.09. The minimum atomic E-state index is -0.566. The summed E-state index contributed by atoms with van der Waals surface area (Å²) in [6.45, 7) is 1.18. The van der Waals surface area contributed by atoms with E-state index in [1.54, 1.807) is 7.11 Å². The first-order valence-corrected chi connectivity index (χ1v) is 6.34. The Hall–Kier alpha value is -1.39. The van der Waals surface area contributed by atoms with Crippen molar-refractivity contribution in [2.45, 2.75) is 24.9 Å². The highest BCUT2D eigenvalue weighted by Gasteiger charge is 2.34. The summed E-state index contributed by atoms with van der Waals surface area (Å²) in [6, 6.07) is 9.31. The van der Waals surface area contributed by atoms with Gasteiger partial charge in [0.2, 0.25) is 5.91 Å². The van der Waals surface area contributed by atoms with Crippen molar-refractivity contribution >= 4 is 5.91 Å². The summed E-state index contributed by atoms with van der Waals surface area (Å²) in [5.41, 5.74) is 6.91. The lowest BCUT2D eigenvalue weighted by Crippen LogP contribution is -2.41. The van der Waals surface area contributed by atoms with Gasteiger partial charge in [0.15, 0.2) is 0 Å². The molecule has 2 N–H and O–H groups in total. The van der Waals surface area contributed by atoms with E-state index >= 15 is 0 Å². The molecule has 0 spiro atoms. The molecule has 1 fully saturated rings. The maximum absolute atomic E-state index is 12.4. The summed E-state index contributed by atoms with van der Waals surface area (Å²) in [6.07, 6.45) is 2.16. The van der Waals surface area contributed by atoms with E-state index in [2.05, 4.69) is 0 Å². The van der Waals surface area contributed by atoms with E-state index in [9.17, 15) is 4.79 Å². The number of amides is 1. The molecule has 98 valence electrons. The van der Waals surface area contributed by atoms with Crippen LogP contribution in [0.3, 0.4) is 0 Å². The average molecular weight is 248 g/mol. The van der Waals surface area contributed by atoms with E-state index in [4.69, 9.17) is 10.5 Å². The highest BCUT2D eigenvalue weighted by atomic mass is 16.5. The van der Waals surface area contributed by atoms with Crippen molar-refractivity contribution in [2.24, 2.45) is 5.73 Å². The van der Waals surface area contributed by atoms with Gasteiger partial charge in [-0.05, 0) is 18.4 Å². The molecular formula is C14H20N2O2. The molecule has 1 aliphatic rings. The Morgan fingerprint density at radius 2 is 2.11 bits per heavy atom. The lowest BCUT2D eigenvalue weighted by atomic mass is 10.1. The number of methoxy groups -OCH3 is 1. The second kappa shape index (κ2) is 5.98. The lowest BCUT2D eigenvalue weighted by molar-refractivity contribution is -0.134. The molecule has 1 aromatic carbocycles. The first kappa shape index (κ1) is 13.1. The number of nitrogens with two attached hydrogens (primary N) is 1. The van der Waals surface area contributed by atoms with Gasteiger partial charge in [-0.3, -0.25) is 4.79 Å².